The SMILES string of the molecule is Nn1c(SCC(=O)NCC(=O)Nc2ccc(F)c(F)c2)nnc1-c1cccs1. The molecule has 0 atom stereocenters. The molecular weight excluding hydrogens is 410 g/mol. The first kappa shape index (κ1) is 19.8. The molecule has 0 aliphatic heterocycles. The van der Waals surface area contributed by atoms with Crippen molar-refractivity contribution >= 4 is 40.6 Å². The Hall–Kier alpha value is -2.99. The number of nitrogens with one attached hydrogen (secondary N) is 2. The van der Waals surface area contributed by atoms with E-state index in [0.29, 0.717) is 11.0 Å². The summed E-state index contributed by atoms with van der Waals surface area (Å²) >= 11 is 2.53. The zero-order chi connectivity index (χ0) is 20.1. The summed E-state index contributed by atoms with van der Waals surface area (Å²) in [5.74, 6) is 3.30. The van der Waals surface area contributed by atoms with Crippen LogP contribution in [0.4, 0.5) is 14.5 Å². The van der Waals surface area contributed by atoms with Crippen LogP contribution in [0, 0.1) is 11.6 Å². The van der Waals surface area contributed by atoms with E-state index in [9.17, 15) is 18.4 Å². The van der Waals surface area contributed by atoms with Crippen molar-refractivity contribution in [2.24, 2.45) is 0 Å². The standard InChI is InChI=1S/C16H14F2N6O2S2/c17-10-4-3-9(6-11(10)18)21-13(25)7-20-14(26)8-28-16-23-22-15(24(16)19)12-2-1-5-27-12/h1-6H,7-8,19H2,(H,20,26)(H,21,25). The number of aromatic nitrogens is 3. The Balaban J connectivity index is 1.46. The van der Waals surface area contributed by atoms with E-state index in [1.165, 1.54) is 22.1 Å². The van der Waals surface area contributed by atoms with Crippen LogP contribution < -0.4 is 16.5 Å². The van der Waals surface area contributed by atoms with Gasteiger partial charge in [0.25, 0.3) is 0 Å². The number of hydrogen-bond acceptors (Lipinski definition) is 7. The van der Waals surface area contributed by atoms with Gasteiger partial charge in [0.1, 0.15) is 0 Å². The summed E-state index contributed by atoms with van der Waals surface area (Å²) in [6.45, 7) is -0.325. The molecule has 0 fully saturated rings. The van der Waals surface area contributed by atoms with Crippen molar-refractivity contribution in [1.82, 2.24) is 20.2 Å². The second kappa shape index (κ2) is 8.80. The lowest BCUT2D eigenvalue weighted by atomic mass is 10.3. The minimum Gasteiger partial charge on any atom is -0.346 e. The van der Waals surface area contributed by atoms with Gasteiger partial charge in [-0.3, -0.25) is 9.59 Å². The fourth-order valence-corrected chi connectivity index (χ4v) is 3.48. The number of halogens is 2. The van der Waals surface area contributed by atoms with Crippen LogP contribution in [0.1, 0.15) is 0 Å². The van der Waals surface area contributed by atoms with Crippen LogP contribution in [0.5, 0.6) is 0 Å². The molecule has 2 heterocycles. The molecule has 0 aliphatic carbocycles. The highest BCUT2D eigenvalue weighted by molar-refractivity contribution is 7.99. The summed E-state index contributed by atoms with van der Waals surface area (Å²) in [5.41, 5.74) is 0.0878. The van der Waals surface area contributed by atoms with E-state index < -0.39 is 23.4 Å². The minimum atomic E-state index is -1.08. The van der Waals surface area contributed by atoms with Crippen molar-refractivity contribution in [2.45, 2.75) is 5.16 Å². The smallest absolute Gasteiger partial charge is 0.243 e. The number of carbonyl (C=O) groups is 2. The molecule has 12 heteroatoms. The van der Waals surface area contributed by atoms with Gasteiger partial charge in [0.15, 0.2) is 17.5 Å². The van der Waals surface area contributed by atoms with Crippen LogP contribution in [0.25, 0.3) is 10.7 Å². The second-order valence-corrected chi connectivity index (χ2v) is 7.29. The highest BCUT2D eigenvalue weighted by Gasteiger charge is 2.15. The third-order valence-corrected chi connectivity index (χ3v) is 5.20. The fraction of sp³-hybridized carbons (Fsp3) is 0.125. The molecule has 0 radical (unpaired) electrons. The number of nitrogen functional groups attached to an aromatic ring is 1. The lowest BCUT2D eigenvalue weighted by molar-refractivity contribution is -0.122. The number of hydrogen-bond donors (Lipinski definition) is 3. The number of nitrogens with zero attached hydrogens (tertiary/aromatic N) is 3. The number of amides is 2. The molecule has 3 rings (SSSR count). The maximum Gasteiger partial charge on any atom is 0.243 e. The van der Waals surface area contributed by atoms with Gasteiger partial charge >= 0.3 is 0 Å². The molecular formula is C16H14F2N6O2S2. The van der Waals surface area contributed by atoms with E-state index in [1.807, 2.05) is 17.5 Å². The monoisotopic (exact) mass is 424 g/mol. The molecule has 1 aromatic carbocycles. The zero-order valence-electron chi connectivity index (χ0n) is 14.2. The number of rotatable bonds is 7. The van der Waals surface area contributed by atoms with Crippen molar-refractivity contribution in [2.75, 3.05) is 23.5 Å². The number of thioether (sulfide) groups is 1. The quantitative estimate of drug-likeness (QED) is 0.394. The molecule has 3 aromatic rings. The van der Waals surface area contributed by atoms with Gasteiger partial charge in [-0.25, -0.2) is 13.5 Å². The molecule has 146 valence electrons. The Morgan fingerprint density at radius 3 is 2.71 bits per heavy atom. The second-order valence-electron chi connectivity index (χ2n) is 5.40. The van der Waals surface area contributed by atoms with Gasteiger partial charge in [-0.1, -0.05) is 17.8 Å². The van der Waals surface area contributed by atoms with E-state index in [0.717, 1.165) is 28.8 Å². The first-order chi connectivity index (χ1) is 13.4. The van der Waals surface area contributed by atoms with E-state index in [-0.39, 0.29) is 18.0 Å². The lowest BCUT2D eigenvalue weighted by Gasteiger charge is -2.07. The molecule has 4 N–H and O–H groups in total. The first-order valence-corrected chi connectivity index (χ1v) is 9.69. The number of nitrogens with two attached hydrogens (primary N) is 1. The van der Waals surface area contributed by atoms with Crippen molar-refractivity contribution in [3.8, 4) is 10.7 Å². The van der Waals surface area contributed by atoms with Crippen molar-refractivity contribution in [3.63, 3.8) is 0 Å². The maximum absolute atomic E-state index is 13.1. The highest BCUT2D eigenvalue weighted by atomic mass is 32.2. The summed E-state index contributed by atoms with van der Waals surface area (Å²) < 4.78 is 27.3. The number of carbonyl (C=O) groups excluding carboxylic acids is 2. The van der Waals surface area contributed by atoms with Crippen molar-refractivity contribution < 1.29 is 18.4 Å². The molecule has 0 unspecified atom stereocenters. The largest absolute Gasteiger partial charge is 0.346 e. The van der Waals surface area contributed by atoms with Gasteiger partial charge < -0.3 is 16.5 Å². The average molecular weight is 424 g/mol. The molecule has 0 saturated carbocycles. The number of thiophene rings is 1. The van der Waals surface area contributed by atoms with Crippen LogP contribution in [-0.2, 0) is 9.59 Å². The third-order valence-electron chi connectivity index (χ3n) is 3.39. The van der Waals surface area contributed by atoms with Gasteiger partial charge in [-0.2, -0.15) is 0 Å². The normalized spacial score (nSPS) is 10.6. The van der Waals surface area contributed by atoms with E-state index in [1.54, 1.807) is 0 Å². The first-order valence-electron chi connectivity index (χ1n) is 7.83. The van der Waals surface area contributed by atoms with Crippen LogP contribution in [0.15, 0.2) is 40.9 Å². The summed E-state index contributed by atoms with van der Waals surface area (Å²) in [7, 11) is 0. The molecule has 0 saturated heterocycles. The molecule has 0 bridgehead atoms. The molecule has 2 aromatic heterocycles. The van der Waals surface area contributed by atoms with Gasteiger partial charge in [-0.15, -0.1) is 21.5 Å². The lowest BCUT2D eigenvalue weighted by Crippen LogP contribution is -2.34. The Kier molecular flexibility index (Phi) is 6.21. The number of benzene rings is 1. The van der Waals surface area contributed by atoms with E-state index >= 15 is 0 Å². The van der Waals surface area contributed by atoms with Crippen LogP contribution in [0.3, 0.4) is 0 Å². The van der Waals surface area contributed by atoms with Crippen molar-refractivity contribution in [1.29, 1.82) is 0 Å². The summed E-state index contributed by atoms with van der Waals surface area (Å²) in [5, 5.41) is 14.9. The highest BCUT2D eigenvalue weighted by Crippen LogP contribution is 2.24. The topological polar surface area (TPSA) is 115 Å². The summed E-state index contributed by atoms with van der Waals surface area (Å²) in [6, 6.07) is 6.68. The predicted molar refractivity (Wildman–Crippen MR) is 102 cm³/mol. The zero-order valence-corrected chi connectivity index (χ0v) is 15.8. The molecule has 0 spiro atoms. The van der Waals surface area contributed by atoms with E-state index in [2.05, 4.69) is 20.8 Å². The summed E-state index contributed by atoms with van der Waals surface area (Å²) in [6.07, 6.45) is 0. The van der Waals surface area contributed by atoms with E-state index in [4.69, 9.17) is 5.84 Å². The average Bonchev–Trinajstić information content (AvgIpc) is 3.31. The van der Waals surface area contributed by atoms with Gasteiger partial charge in [-0.05, 0) is 23.6 Å². The Morgan fingerprint density at radius 1 is 1.18 bits per heavy atom. The molecule has 28 heavy (non-hydrogen) atoms. The summed E-state index contributed by atoms with van der Waals surface area (Å²) in [4.78, 5) is 24.5. The van der Waals surface area contributed by atoms with Crippen LogP contribution >= 0.6 is 23.1 Å². The number of anilines is 1. The third kappa shape index (κ3) is 4.84. The molecule has 2 amide bonds. The van der Waals surface area contributed by atoms with Crippen molar-refractivity contribution in [3.05, 3.63) is 47.3 Å². The Labute approximate surface area is 166 Å². The predicted octanol–water partition coefficient (Wildman–Crippen LogP) is 1.85. The molecule has 0 aliphatic rings. The minimum absolute atomic E-state index is 0.0295. The van der Waals surface area contributed by atoms with Crippen LogP contribution in [-0.4, -0.2) is 39.0 Å². The Bertz CT molecular complexity index is 993. The van der Waals surface area contributed by atoms with Gasteiger partial charge in [0.05, 0.1) is 17.2 Å². The van der Waals surface area contributed by atoms with Gasteiger partial charge in [0, 0.05) is 11.8 Å². The molecule has 8 nitrogen and oxygen atoms in total. The van der Waals surface area contributed by atoms with Gasteiger partial charge in [0.2, 0.25) is 17.0 Å². The maximum atomic E-state index is 13.1. The fourth-order valence-electron chi connectivity index (χ4n) is 2.09. The Morgan fingerprint density at radius 2 is 2.00 bits per heavy atom. The van der Waals surface area contributed by atoms with Crippen LogP contribution in [0.2, 0.25) is 0 Å².